The zero-order chi connectivity index (χ0) is 17.1. The van der Waals surface area contributed by atoms with Crippen molar-refractivity contribution in [1.29, 1.82) is 0 Å². The van der Waals surface area contributed by atoms with Crippen molar-refractivity contribution in [2.45, 2.75) is 12.5 Å². The standard InChI is InChI=1S/C17H13FN2O3S/c18-11-3-1-10(2-4-11)7-14(17(22)23)20-16(21)13-9-24-15-5-6-19-8-12(13)15/h1-6,8-9,14H,7H2,(H,20,21)(H,22,23)/t14-/m0/s1. The summed E-state index contributed by atoms with van der Waals surface area (Å²) in [5.74, 6) is -2.01. The summed E-state index contributed by atoms with van der Waals surface area (Å²) in [6.07, 6.45) is 3.28. The second-order valence-electron chi connectivity index (χ2n) is 5.22. The lowest BCUT2D eigenvalue weighted by Crippen LogP contribution is -2.42. The van der Waals surface area contributed by atoms with Gasteiger partial charge in [-0.1, -0.05) is 12.1 Å². The third-order valence-electron chi connectivity index (χ3n) is 3.58. The predicted molar refractivity (Wildman–Crippen MR) is 88.6 cm³/mol. The van der Waals surface area contributed by atoms with Gasteiger partial charge in [-0.3, -0.25) is 9.78 Å². The summed E-state index contributed by atoms with van der Waals surface area (Å²) in [7, 11) is 0. The number of hydrogen-bond acceptors (Lipinski definition) is 4. The highest BCUT2D eigenvalue weighted by atomic mass is 32.1. The highest BCUT2D eigenvalue weighted by Crippen LogP contribution is 2.24. The Bertz CT molecular complexity index is 892. The van der Waals surface area contributed by atoms with Crippen LogP contribution < -0.4 is 5.32 Å². The number of rotatable bonds is 5. The Morgan fingerprint density at radius 2 is 2.00 bits per heavy atom. The van der Waals surface area contributed by atoms with E-state index in [1.54, 1.807) is 23.8 Å². The minimum Gasteiger partial charge on any atom is -0.480 e. The van der Waals surface area contributed by atoms with Gasteiger partial charge in [0, 0.05) is 34.3 Å². The molecule has 1 atom stereocenters. The summed E-state index contributed by atoms with van der Waals surface area (Å²) in [6.45, 7) is 0. The van der Waals surface area contributed by atoms with Crippen molar-refractivity contribution >= 4 is 33.3 Å². The number of hydrogen-bond donors (Lipinski definition) is 2. The van der Waals surface area contributed by atoms with Gasteiger partial charge in [-0.15, -0.1) is 11.3 Å². The van der Waals surface area contributed by atoms with Crippen LogP contribution in [0.4, 0.5) is 4.39 Å². The number of amides is 1. The van der Waals surface area contributed by atoms with Crippen molar-refractivity contribution in [3.05, 3.63) is 65.0 Å². The number of nitrogens with one attached hydrogen (secondary N) is 1. The van der Waals surface area contributed by atoms with Crippen LogP contribution in [0.1, 0.15) is 15.9 Å². The van der Waals surface area contributed by atoms with Crippen molar-refractivity contribution < 1.29 is 19.1 Å². The molecule has 0 saturated heterocycles. The summed E-state index contributed by atoms with van der Waals surface area (Å²) in [5, 5.41) is 14.2. The second kappa shape index (κ2) is 6.76. The van der Waals surface area contributed by atoms with Crippen LogP contribution in [0.3, 0.4) is 0 Å². The summed E-state index contributed by atoms with van der Waals surface area (Å²) in [6, 6.07) is 6.21. The Kier molecular flexibility index (Phi) is 4.52. The number of carboxylic acid groups (broad SMARTS) is 1. The lowest BCUT2D eigenvalue weighted by Gasteiger charge is -2.14. The van der Waals surface area contributed by atoms with Crippen LogP contribution in [-0.4, -0.2) is 28.0 Å². The molecule has 0 fully saturated rings. The first kappa shape index (κ1) is 16.1. The van der Waals surface area contributed by atoms with E-state index in [0.717, 1.165) is 4.70 Å². The Hall–Kier alpha value is -2.80. The Morgan fingerprint density at radius 3 is 2.71 bits per heavy atom. The zero-order valence-corrected chi connectivity index (χ0v) is 13.2. The fourth-order valence-electron chi connectivity index (χ4n) is 2.34. The maximum atomic E-state index is 12.9. The van der Waals surface area contributed by atoms with E-state index < -0.39 is 23.7 Å². The van der Waals surface area contributed by atoms with Gasteiger partial charge in [-0.25, -0.2) is 9.18 Å². The van der Waals surface area contributed by atoms with Crippen LogP contribution in [0.2, 0.25) is 0 Å². The van der Waals surface area contributed by atoms with Crippen LogP contribution in [0.25, 0.3) is 10.1 Å². The molecular formula is C17H13FN2O3S. The van der Waals surface area contributed by atoms with Gasteiger partial charge in [0.2, 0.25) is 0 Å². The lowest BCUT2D eigenvalue weighted by atomic mass is 10.1. The minimum absolute atomic E-state index is 0.0711. The normalized spacial score (nSPS) is 12.0. The van der Waals surface area contributed by atoms with E-state index in [0.29, 0.717) is 16.5 Å². The van der Waals surface area contributed by atoms with Crippen LogP contribution in [0.5, 0.6) is 0 Å². The van der Waals surface area contributed by atoms with E-state index in [2.05, 4.69) is 10.3 Å². The van der Waals surface area contributed by atoms with Gasteiger partial charge < -0.3 is 10.4 Å². The maximum absolute atomic E-state index is 12.9. The molecule has 24 heavy (non-hydrogen) atoms. The number of aliphatic carboxylic acids is 1. The summed E-state index contributed by atoms with van der Waals surface area (Å²) < 4.78 is 13.8. The molecule has 0 spiro atoms. The number of pyridine rings is 1. The third-order valence-corrected chi connectivity index (χ3v) is 4.54. The molecule has 3 aromatic rings. The van der Waals surface area contributed by atoms with Gasteiger partial charge >= 0.3 is 5.97 Å². The first-order chi connectivity index (χ1) is 11.5. The summed E-state index contributed by atoms with van der Waals surface area (Å²) in [5.41, 5.74) is 1.02. The van der Waals surface area contributed by atoms with Gasteiger partial charge in [0.25, 0.3) is 5.91 Å². The van der Waals surface area contributed by atoms with E-state index in [1.165, 1.54) is 35.6 Å². The molecule has 0 radical (unpaired) electrons. The number of carbonyl (C=O) groups excluding carboxylic acids is 1. The van der Waals surface area contributed by atoms with Crippen LogP contribution >= 0.6 is 11.3 Å². The molecule has 2 aromatic heterocycles. The molecule has 3 rings (SSSR count). The molecule has 7 heteroatoms. The average molecular weight is 344 g/mol. The molecule has 1 amide bonds. The molecule has 0 aliphatic rings. The van der Waals surface area contributed by atoms with Crippen LogP contribution in [0.15, 0.2) is 48.1 Å². The molecule has 0 bridgehead atoms. The van der Waals surface area contributed by atoms with E-state index in [1.807, 2.05) is 0 Å². The van der Waals surface area contributed by atoms with E-state index in [-0.39, 0.29) is 6.42 Å². The number of halogens is 1. The zero-order valence-electron chi connectivity index (χ0n) is 12.4. The van der Waals surface area contributed by atoms with Gasteiger partial charge in [0.05, 0.1) is 5.56 Å². The molecule has 0 aliphatic carbocycles. The predicted octanol–water partition coefficient (Wildman–Crippen LogP) is 2.86. The highest BCUT2D eigenvalue weighted by molar-refractivity contribution is 7.17. The molecule has 0 aliphatic heterocycles. The Balaban J connectivity index is 1.79. The molecule has 5 nitrogen and oxygen atoms in total. The van der Waals surface area contributed by atoms with Crippen LogP contribution in [-0.2, 0) is 11.2 Å². The molecule has 0 saturated carbocycles. The fourth-order valence-corrected chi connectivity index (χ4v) is 3.25. The molecule has 0 unspecified atom stereocenters. The summed E-state index contributed by atoms with van der Waals surface area (Å²) in [4.78, 5) is 27.9. The second-order valence-corrected chi connectivity index (χ2v) is 6.13. The van der Waals surface area contributed by atoms with Crippen molar-refractivity contribution in [3.8, 4) is 0 Å². The largest absolute Gasteiger partial charge is 0.480 e. The van der Waals surface area contributed by atoms with E-state index >= 15 is 0 Å². The van der Waals surface area contributed by atoms with E-state index in [9.17, 15) is 19.1 Å². The number of benzene rings is 1. The average Bonchev–Trinajstić information content (AvgIpc) is 3.00. The summed E-state index contributed by atoms with van der Waals surface area (Å²) >= 11 is 1.39. The number of thiophene rings is 1. The topological polar surface area (TPSA) is 79.3 Å². The third kappa shape index (κ3) is 3.41. The smallest absolute Gasteiger partial charge is 0.326 e. The molecule has 1 aromatic carbocycles. The van der Waals surface area contributed by atoms with Gasteiger partial charge in [0.15, 0.2) is 0 Å². The van der Waals surface area contributed by atoms with Crippen LogP contribution in [0, 0.1) is 5.82 Å². The first-order valence-corrected chi connectivity index (χ1v) is 8.02. The molecule has 2 N–H and O–H groups in total. The van der Waals surface area contributed by atoms with Crippen molar-refractivity contribution in [2.75, 3.05) is 0 Å². The first-order valence-electron chi connectivity index (χ1n) is 7.14. The van der Waals surface area contributed by atoms with Crippen molar-refractivity contribution in [1.82, 2.24) is 10.3 Å². The fraction of sp³-hybridized carbons (Fsp3) is 0.118. The number of fused-ring (bicyclic) bond motifs is 1. The SMILES string of the molecule is O=C(N[C@@H](Cc1ccc(F)cc1)C(=O)O)c1csc2ccncc12. The molecule has 122 valence electrons. The van der Waals surface area contributed by atoms with E-state index in [4.69, 9.17) is 0 Å². The highest BCUT2D eigenvalue weighted by Gasteiger charge is 2.22. The van der Waals surface area contributed by atoms with Crippen molar-refractivity contribution in [2.24, 2.45) is 0 Å². The number of nitrogens with zero attached hydrogens (tertiary/aromatic N) is 1. The quantitative estimate of drug-likeness (QED) is 0.746. The van der Waals surface area contributed by atoms with Gasteiger partial charge in [-0.2, -0.15) is 0 Å². The monoisotopic (exact) mass is 344 g/mol. The Labute approximate surface area is 140 Å². The van der Waals surface area contributed by atoms with Gasteiger partial charge in [-0.05, 0) is 23.8 Å². The number of carbonyl (C=O) groups is 2. The lowest BCUT2D eigenvalue weighted by molar-refractivity contribution is -0.139. The Morgan fingerprint density at radius 1 is 1.25 bits per heavy atom. The molecular weight excluding hydrogens is 331 g/mol. The maximum Gasteiger partial charge on any atom is 0.326 e. The number of aromatic nitrogens is 1. The number of carboxylic acids is 1. The van der Waals surface area contributed by atoms with Gasteiger partial charge in [0.1, 0.15) is 11.9 Å². The van der Waals surface area contributed by atoms with Crippen molar-refractivity contribution in [3.63, 3.8) is 0 Å². The molecule has 2 heterocycles. The minimum atomic E-state index is -1.15.